The number of aromatic nitrogens is 2. The summed E-state index contributed by atoms with van der Waals surface area (Å²) in [5, 5.41) is 0. The molecule has 2 rings (SSSR count). The maximum absolute atomic E-state index is 13.0. The summed E-state index contributed by atoms with van der Waals surface area (Å²) in [5.74, 6) is -0.562. The van der Waals surface area contributed by atoms with Crippen LogP contribution >= 0.6 is 0 Å². The molecule has 0 radical (unpaired) electrons. The zero-order valence-corrected chi connectivity index (χ0v) is 14.8. The van der Waals surface area contributed by atoms with Crippen molar-refractivity contribution in [1.82, 2.24) is 9.55 Å². The molecule has 0 atom stereocenters. The molecule has 0 N–H and O–H groups in total. The van der Waals surface area contributed by atoms with Crippen LogP contribution in [0.3, 0.4) is 0 Å². The summed E-state index contributed by atoms with van der Waals surface area (Å²) >= 11 is 0. The first-order valence-electron chi connectivity index (χ1n) is 5.96. The fraction of sp³-hybridized carbons (Fsp3) is 0.250. The summed E-state index contributed by atoms with van der Waals surface area (Å²) in [6.07, 6.45) is 3.65. The van der Waals surface area contributed by atoms with Gasteiger partial charge in [0, 0.05) is 31.9 Å². The number of rotatable bonds is 5. The molecule has 3 nitrogen and oxygen atoms in total. The van der Waals surface area contributed by atoms with E-state index < -0.39 is 24.0 Å². The van der Waals surface area contributed by atoms with Crippen molar-refractivity contribution in [2.45, 2.75) is 6.42 Å². The van der Waals surface area contributed by atoms with Gasteiger partial charge >= 0.3 is 58.4 Å². The SMILES string of the molecule is Cn1ccnc1CCOc1cc(F)ccc1[B-](F)(F)F.[K+]. The van der Waals surface area contributed by atoms with E-state index in [9.17, 15) is 17.3 Å². The third kappa shape index (κ3) is 5.10. The molecule has 0 aliphatic carbocycles. The van der Waals surface area contributed by atoms with E-state index >= 15 is 0 Å². The van der Waals surface area contributed by atoms with Gasteiger partial charge in [0.1, 0.15) is 11.6 Å². The van der Waals surface area contributed by atoms with Gasteiger partial charge in [-0.3, -0.25) is 0 Å². The van der Waals surface area contributed by atoms with Gasteiger partial charge in [0.05, 0.1) is 12.4 Å². The summed E-state index contributed by atoms with van der Waals surface area (Å²) in [5.41, 5.74) is -0.925. The average Bonchev–Trinajstić information content (AvgIpc) is 2.74. The van der Waals surface area contributed by atoms with Crippen LogP contribution in [0.5, 0.6) is 5.75 Å². The molecule has 1 aromatic carbocycles. The molecule has 0 amide bonds. The second-order valence-corrected chi connectivity index (χ2v) is 4.31. The van der Waals surface area contributed by atoms with Crippen LogP contribution in [0.1, 0.15) is 5.82 Å². The smallest absolute Gasteiger partial charge is 0.496 e. The zero-order valence-electron chi connectivity index (χ0n) is 11.7. The summed E-state index contributed by atoms with van der Waals surface area (Å²) in [4.78, 5) is 4.03. The van der Waals surface area contributed by atoms with Gasteiger partial charge in [0.15, 0.2) is 0 Å². The topological polar surface area (TPSA) is 27.1 Å². The standard InChI is InChI=1S/C12H12BF4N2O.K/c1-19-6-5-18-12(19)4-7-20-11-8-9(14)2-3-10(11)13(15,16)17;/h2-3,5-6,8H,4,7H2,1H3;/q-1;+1. The Hall–Kier alpha value is -0.349. The summed E-state index contributed by atoms with van der Waals surface area (Å²) in [6.45, 7) is -5.24. The van der Waals surface area contributed by atoms with Gasteiger partial charge in [0.2, 0.25) is 0 Å². The van der Waals surface area contributed by atoms with Gasteiger partial charge in [-0.1, -0.05) is 11.5 Å². The van der Waals surface area contributed by atoms with E-state index in [0.29, 0.717) is 18.3 Å². The first-order chi connectivity index (χ1) is 9.38. The van der Waals surface area contributed by atoms with Gasteiger partial charge in [-0.2, -0.15) is 0 Å². The quantitative estimate of drug-likeness (QED) is 0.534. The molecule has 0 aliphatic rings. The minimum absolute atomic E-state index is 0. The van der Waals surface area contributed by atoms with E-state index in [1.807, 2.05) is 0 Å². The fourth-order valence-electron chi connectivity index (χ4n) is 1.79. The van der Waals surface area contributed by atoms with Gasteiger partial charge in [0.25, 0.3) is 0 Å². The first-order valence-corrected chi connectivity index (χ1v) is 5.96. The number of nitrogens with zero attached hydrogens (tertiary/aromatic N) is 2. The van der Waals surface area contributed by atoms with Crippen molar-refractivity contribution in [3.8, 4) is 5.75 Å². The molecule has 0 fully saturated rings. The van der Waals surface area contributed by atoms with Crippen LogP contribution in [-0.2, 0) is 13.5 Å². The number of hydrogen-bond acceptors (Lipinski definition) is 2. The van der Waals surface area contributed by atoms with Crippen LogP contribution in [0.4, 0.5) is 17.3 Å². The number of aryl methyl sites for hydroxylation is 1. The molecule has 0 aliphatic heterocycles. The van der Waals surface area contributed by atoms with Crippen LogP contribution < -0.4 is 61.6 Å². The Bertz CT molecular complexity index is 603. The van der Waals surface area contributed by atoms with E-state index in [-0.39, 0.29) is 58.0 Å². The molecule has 2 aromatic rings. The normalized spacial score (nSPS) is 11.1. The van der Waals surface area contributed by atoms with Crippen LogP contribution in [0, 0.1) is 5.82 Å². The average molecular weight is 326 g/mol. The van der Waals surface area contributed by atoms with Crippen LogP contribution in [0.15, 0.2) is 30.6 Å². The number of imidazole rings is 1. The van der Waals surface area contributed by atoms with Crippen LogP contribution in [0.2, 0.25) is 0 Å². The van der Waals surface area contributed by atoms with Gasteiger partial charge in [-0.25, -0.2) is 9.37 Å². The van der Waals surface area contributed by atoms with E-state index in [1.54, 1.807) is 24.0 Å². The molecule has 21 heavy (non-hydrogen) atoms. The predicted octanol–water partition coefficient (Wildman–Crippen LogP) is -0.761. The summed E-state index contributed by atoms with van der Waals surface area (Å²) in [7, 11) is 1.77. The number of hydrogen-bond donors (Lipinski definition) is 0. The molecule has 108 valence electrons. The molecule has 0 bridgehead atoms. The maximum atomic E-state index is 13.0. The van der Waals surface area contributed by atoms with Crippen LogP contribution in [0.25, 0.3) is 0 Å². The van der Waals surface area contributed by atoms with Gasteiger partial charge in [-0.15, -0.1) is 0 Å². The Morgan fingerprint density at radius 2 is 2.00 bits per heavy atom. The fourth-order valence-corrected chi connectivity index (χ4v) is 1.79. The second kappa shape index (κ2) is 7.78. The zero-order chi connectivity index (χ0) is 14.8. The Balaban J connectivity index is 0.00000220. The van der Waals surface area contributed by atoms with Crippen molar-refractivity contribution < 1.29 is 73.5 Å². The predicted molar refractivity (Wildman–Crippen MR) is 67.5 cm³/mol. The Labute approximate surface area is 162 Å². The second-order valence-electron chi connectivity index (χ2n) is 4.31. The largest absolute Gasteiger partial charge is 1.00 e. The van der Waals surface area contributed by atoms with E-state index in [2.05, 4.69) is 4.98 Å². The monoisotopic (exact) mass is 326 g/mol. The molecule has 1 aromatic heterocycles. The third-order valence-electron chi connectivity index (χ3n) is 2.83. The Kier molecular flexibility index (Phi) is 6.92. The molecule has 0 unspecified atom stereocenters. The van der Waals surface area contributed by atoms with E-state index in [0.717, 1.165) is 12.1 Å². The van der Waals surface area contributed by atoms with E-state index in [4.69, 9.17) is 4.74 Å². The summed E-state index contributed by atoms with van der Waals surface area (Å²) in [6, 6.07) is 2.23. The molecular weight excluding hydrogens is 314 g/mol. The number of benzene rings is 1. The van der Waals surface area contributed by atoms with E-state index in [1.165, 1.54) is 0 Å². The van der Waals surface area contributed by atoms with Crippen molar-refractivity contribution >= 4 is 12.4 Å². The molecule has 0 spiro atoms. The Morgan fingerprint density at radius 1 is 1.29 bits per heavy atom. The third-order valence-corrected chi connectivity index (χ3v) is 2.83. The minimum atomic E-state index is -5.24. The van der Waals surface area contributed by atoms with Crippen molar-refractivity contribution in [3.05, 3.63) is 42.2 Å². The molecule has 0 saturated heterocycles. The summed E-state index contributed by atoms with van der Waals surface area (Å²) < 4.78 is 58.2. The first kappa shape index (κ1) is 18.7. The van der Waals surface area contributed by atoms with Gasteiger partial charge < -0.3 is 22.3 Å². The molecular formula is C12H12BF4KN2O. The van der Waals surface area contributed by atoms with Crippen molar-refractivity contribution in [2.24, 2.45) is 7.05 Å². The van der Waals surface area contributed by atoms with Crippen molar-refractivity contribution in [1.29, 1.82) is 0 Å². The molecule has 1 heterocycles. The number of halogens is 4. The number of ether oxygens (including phenoxy) is 1. The minimum Gasteiger partial charge on any atom is -0.496 e. The maximum Gasteiger partial charge on any atom is 1.00 e. The van der Waals surface area contributed by atoms with Crippen molar-refractivity contribution in [2.75, 3.05) is 6.61 Å². The van der Waals surface area contributed by atoms with Crippen molar-refractivity contribution in [3.63, 3.8) is 0 Å². The van der Waals surface area contributed by atoms with Crippen LogP contribution in [-0.4, -0.2) is 23.1 Å². The molecule has 9 heteroatoms. The molecule has 0 saturated carbocycles. The van der Waals surface area contributed by atoms with Gasteiger partial charge in [-0.05, 0) is 6.07 Å². The Morgan fingerprint density at radius 3 is 2.57 bits per heavy atom.